The number of likely N-dealkylation sites (tertiary alicyclic amines) is 1. The van der Waals surface area contributed by atoms with Crippen LogP contribution in [0, 0.1) is 5.92 Å². The van der Waals surface area contributed by atoms with Gasteiger partial charge in [-0.2, -0.15) is 0 Å². The van der Waals surface area contributed by atoms with Crippen LogP contribution in [0.25, 0.3) is 0 Å². The molecule has 4 rings (SSSR count). The number of hydrogen-bond acceptors (Lipinski definition) is 3. The van der Waals surface area contributed by atoms with Crippen molar-refractivity contribution < 1.29 is 9.32 Å². The number of hydrogen-bond donors (Lipinski definition) is 0. The van der Waals surface area contributed by atoms with Crippen molar-refractivity contribution in [3.8, 4) is 0 Å². The van der Waals surface area contributed by atoms with Crippen molar-refractivity contribution in [2.75, 3.05) is 6.54 Å². The highest BCUT2D eigenvalue weighted by atomic mass is 16.5. The van der Waals surface area contributed by atoms with E-state index in [0.29, 0.717) is 17.7 Å². The molecular formula is C16H22N2O2. The third-order valence-electron chi connectivity index (χ3n) is 5.23. The lowest BCUT2D eigenvalue weighted by Gasteiger charge is -2.43. The second-order valence-electron chi connectivity index (χ2n) is 6.64. The van der Waals surface area contributed by atoms with Crippen LogP contribution in [-0.2, 0) is 0 Å². The topological polar surface area (TPSA) is 46.3 Å². The lowest BCUT2D eigenvalue weighted by Crippen LogP contribution is -2.49. The standard InChI is InChI=1S/C16H22N2O2/c19-16(13-10-15(20-17-13)12-7-8-12)18-9-3-5-11-4-1-2-6-14(11)18/h10-12,14H,1-9H2. The van der Waals surface area contributed by atoms with Crippen LogP contribution in [0.2, 0.25) is 0 Å². The van der Waals surface area contributed by atoms with Gasteiger partial charge in [-0.25, -0.2) is 0 Å². The van der Waals surface area contributed by atoms with Gasteiger partial charge in [0.2, 0.25) is 0 Å². The monoisotopic (exact) mass is 274 g/mol. The predicted molar refractivity (Wildman–Crippen MR) is 74.5 cm³/mol. The van der Waals surface area contributed by atoms with Crippen LogP contribution in [0.3, 0.4) is 0 Å². The first-order valence-electron chi connectivity index (χ1n) is 8.10. The molecule has 0 spiro atoms. The molecule has 3 fully saturated rings. The summed E-state index contributed by atoms with van der Waals surface area (Å²) in [6.07, 6.45) is 9.84. The zero-order valence-corrected chi connectivity index (χ0v) is 11.9. The van der Waals surface area contributed by atoms with E-state index in [-0.39, 0.29) is 5.91 Å². The molecule has 2 unspecified atom stereocenters. The summed E-state index contributed by atoms with van der Waals surface area (Å²) in [5, 5.41) is 4.02. The van der Waals surface area contributed by atoms with Crippen molar-refractivity contribution in [3.05, 3.63) is 17.5 Å². The average molecular weight is 274 g/mol. The fourth-order valence-electron chi connectivity index (χ4n) is 3.97. The lowest BCUT2D eigenvalue weighted by atomic mass is 9.78. The summed E-state index contributed by atoms with van der Waals surface area (Å²) >= 11 is 0. The van der Waals surface area contributed by atoms with Gasteiger partial charge < -0.3 is 9.42 Å². The van der Waals surface area contributed by atoms with Gasteiger partial charge in [0, 0.05) is 24.6 Å². The summed E-state index contributed by atoms with van der Waals surface area (Å²) < 4.78 is 5.34. The van der Waals surface area contributed by atoms with E-state index >= 15 is 0 Å². The molecule has 4 nitrogen and oxygen atoms in total. The highest BCUT2D eigenvalue weighted by Crippen LogP contribution is 2.40. The highest BCUT2D eigenvalue weighted by Gasteiger charge is 2.37. The van der Waals surface area contributed by atoms with Crippen molar-refractivity contribution >= 4 is 5.91 Å². The Balaban J connectivity index is 1.53. The number of fused-ring (bicyclic) bond motifs is 1. The van der Waals surface area contributed by atoms with Gasteiger partial charge in [-0.05, 0) is 44.4 Å². The molecule has 2 saturated carbocycles. The largest absolute Gasteiger partial charge is 0.360 e. The van der Waals surface area contributed by atoms with Crippen molar-refractivity contribution in [2.24, 2.45) is 5.92 Å². The van der Waals surface area contributed by atoms with E-state index in [0.717, 1.165) is 24.6 Å². The second-order valence-corrected chi connectivity index (χ2v) is 6.64. The van der Waals surface area contributed by atoms with E-state index in [9.17, 15) is 4.79 Å². The van der Waals surface area contributed by atoms with Gasteiger partial charge >= 0.3 is 0 Å². The Morgan fingerprint density at radius 3 is 2.80 bits per heavy atom. The van der Waals surface area contributed by atoms with Gasteiger partial charge in [0.15, 0.2) is 5.69 Å². The molecule has 2 atom stereocenters. The number of rotatable bonds is 2. The number of carbonyl (C=O) groups is 1. The molecule has 0 bridgehead atoms. The first kappa shape index (κ1) is 12.4. The Hall–Kier alpha value is -1.32. The normalized spacial score (nSPS) is 30.1. The Kier molecular flexibility index (Phi) is 3.04. The van der Waals surface area contributed by atoms with Gasteiger partial charge in [0.05, 0.1) is 0 Å². The molecular weight excluding hydrogens is 252 g/mol. The molecule has 1 aromatic rings. The minimum Gasteiger partial charge on any atom is -0.360 e. The van der Waals surface area contributed by atoms with Crippen molar-refractivity contribution in [1.82, 2.24) is 10.1 Å². The number of carbonyl (C=O) groups excluding carboxylic acids is 1. The molecule has 2 heterocycles. The molecule has 3 aliphatic rings. The van der Waals surface area contributed by atoms with Gasteiger partial charge in [-0.15, -0.1) is 0 Å². The lowest BCUT2D eigenvalue weighted by molar-refractivity contribution is 0.0381. The van der Waals surface area contributed by atoms with E-state index in [2.05, 4.69) is 10.1 Å². The van der Waals surface area contributed by atoms with Crippen LogP contribution in [0.5, 0.6) is 0 Å². The van der Waals surface area contributed by atoms with Crippen molar-refractivity contribution in [3.63, 3.8) is 0 Å². The van der Waals surface area contributed by atoms with Gasteiger partial charge in [-0.3, -0.25) is 4.79 Å². The SMILES string of the molecule is O=C(c1cc(C2CC2)on1)N1CCCC2CCCCC21. The van der Waals surface area contributed by atoms with Crippen LogP contribution >= 0.6 is 0 Å². The molecule has 2 aliphatic carbocycles. The Morgan fingerprint density at radius 1 is 1.15 bits per heavy atom. The average Bonchev–Trinajstić information content (AvgIpc) is 3.23. The van der Waals surface area contributed by atoms with Crippen LogP contribution < -0.4 is 0 Å². The zero-order valence-electron chi connectivity index (χ0n) is 11.9. The molecule has 1 amide bonds. The summed E-state index contributed by atoms with van der Waals surface area (Å²) in [4.78, 5) is 14.8. The highest BCUT2D eigenvalue weighted by molar-refractivity contribution is 5.92. The summed E-state index contributed by atoms with van der Waals surface area (Å²) in [6, 6.07) is 2.33. The molecule has 0 radical (unpaired) electrons. The predicted octanol–water partition coefficient (Wildman–Crippen LogP) is 3.35. The number of aromatic nitrogens is 1. The van der Waals surface area contributed by atoms with Crippen molar-refractivity contribution in [2.45, 2.75) is 63.3 Å². The van der Waals surface area contributed by atoms with E-state index in [1.54, 1.807) is 0 Å². The van der Waals surface area contributed by atoms with Gasteiger partial charge in [0.25, 0.3) is 5.91 Å². The van der Waals surface area contributed by atoms with Crippen LogP contribution in [0.15, 0.2) is 10.6 Å². The summed E-state index contributed by atoms with van der Waals surface area (Å²) in [5.41, 5.74) is 0.526. The number of amides is 1. The molecule has 4 heteroatoms. The fraction of sp³-hybridized carbons (Fsp3) is 0.750. The Bertz CT molecular complexity index is 504. The maximum Gasteiger partial charge on any atom is 0.276 e. The van der Waals surface area contributed by atoms with E-state index in [4.69, 9.17) is 4.52 Å². The summed E-state index contributed by atoms with van der Waals surface area (Å²) in [6.45, 7) is 0.894. The van der Waals surface area contributed by atoms with Gasteiger partial charge in [0.1, 0.15) is 5.76 Å². The molecule has 1 saturated heterocycles. The maximum atomic E-state index is 12.7. The fourth-order valence-corrected chi connectivity index (χ4v) is 3.97. The molecule has 1 aromatic heterocycles. The van der Waals surface area contributed by atoms with Gasteiger partial charge in [-0.1, -0.05) is 18.0 Å². The van der Waals surface area contributed by atoms with Crippen molar-refractivity contribution in [1.29, 1.82) is 0 Å². The first-order chi connectivity index (χ1) is 9.83. The van der Waals surface area contributed by atoms with E-state index in [1.165, 1.54) is 44.9 Å². The smallest absolute Gasteiger partial charge is 0.276 e. The zero-order chi connectivity index (χ0) is 13.5. The minimum atomic E-state index is 0.0947. The maximum absolute atomic E-state index is 12.7. The molecule has 20 heavy (non-hydrogen) atoms. The molecule has 108 valence electrons. The second kappa shape index (κ2) is 4.90. The van der Waals surface area contributed by atoms with E-state index < -0.39 is 0 Å². The molecule has 0 N–H and O–H groups in total. The summed E-state index contributed by atoms with van der Waals surface area (Å²) in [7, 11) is 0. The first-order valence-corrected chi connectivity index (χ1v) is 8.10. The molecule has 0 aromatic carbocycles. The molecule has 1 aliphatic heterocycles. The van der Waals surface area contributed by atoms with E-state index in [1.807, 2.05) is 6.07 Å². The Morgan fingerprint density at radius 2 is 1.95 bits per heavy atom. The third kappa shape index (κ3) is 2.15. The Labute approximate surface area is 119 Å². The van der Waals surface area contributed by atoms with Crippen LogP contribution in [0.1, 0.15) is 73.5 Å². The van der Waals surface area contributed by atoms with Crippen LogP contribution in [0.4, 0.5) is 0 Å². The number of piperidine rings is 1. The quantitative estimate of drug-likeness (QED) is 0.831. The van der Waals surface area contributed by atoms with Crippen LogP contribution in [-0.4, -0.2) is 28.6 Å². The summed E-state index contributed by atoms with van der Waals surface area (Å²) in [5.74, 6) is 2.24. The number of nitrogens with zero attached hydrogens (tertiary/aromatic N) is 2. The minimum absolute atomic E-state index is 0.0947. The third-order valence-corrected chi connectivity index (χ3v) is 5.23.